The Kier molecular flexibility index (Phi) is 1.22. The Morgan fingerprint density at radius 2 is 2.56 bits per heavy atom. The number of nitrogens with one attached hydrogen (secondary N) is 1. The minimum absolute atomic E-state index is 0.0544. The first-order valence-corrected chi connectivity index (χ1v) is 2.47. The van der Waals surface area contributed by atoms with E-state index in [1.807, 2.05) is 0 Å². The van der Waals surface area contributed by atoms with Crippen LogP contribution in [0, 0.1) is 12.3 Å². The highest BCUT2D eigenvalue weighted by Gasteiger charge is 2.03. The second kappa shape index (κ2) is 1.89. The molecular formula is C5H7N3O. The number of rotatable bonds is 1. The minimum Gasteiger partial charge on any atom is -0.382 e. The molecule has 0 unspecified atom stereocenters. The Morgan fingerprint density at radius 3 is 2.78 bits per heavy atom. The summed E-state index contributed by atoms with van der Waals surface area (Å²) in [6.45, 7) is 1.78. The van der Waals surface area contributed by atoms with Crippen LogP contribution in [0.3, 0.4) is 0 Å². The Labute approximate surface area is 52.2 Å². The fraction of sp³-hybridized carbons (Fsp3) is 0.200. The van der Waals surface area contributed by atoms with Crippen LogP contribution in [0.4, 0.5) is 0 Å². The van der Waals surface area contributed by atoms with Crippen molar-refractivity contribution in [3.63, 3.8) is 0 Å². The lowest BCUT2D eigenvalue weighted by Gasteiger charge is -1.87. The highest BCUT2D eigenvalue weighted by atomic mass is 16.5. The summed E-state index contributed by atoms with van der Waals surface area (Å²) in [5.74, 6) is -0.0544. The van der Waals surface area contributed by atoms with Crippen LogP contribution in [0.15, 0.2) is 10.8 Å². The maximum absolute atomic E-state index is 6.95. The fourth-order valence-corrected chi connectivity index (χ4v) is 0.548. The van der Waals surface area contributed by atoms with Crippen molar-refractivity contribution in [1.29, 1.82) is 5.41 Å². The van der Waals surface area contributed by atoms with Crippen LogP contribution in [0.5, 0.6) is 0 Å². The zero-order valence-corrected chi connectivity index (χ0v) is 5.01. The van der Waals surface area contributed by atoms with Gasteiger partial charge in [0, 0.05) is 5.56 Å². The van der Waals surface area contributed by atoms with Gasteiger partial charge in [-0.15, -0.1) is 0 Å². The zero-order chi connectivity index (χ0) is 6.85. The van der Waals surface area contributed by atoms with Crippen molar-refractivity contribution in [2.45, 2.75) is 6.92 Å². The molecule has 0 radical (unpaired) electrons. The number of nitrogen functional groups attached to an aromatic ring is 1. The van der Waals surface area contributed by atoms with E-state index in [4.69, 9.17) is 11.1 Å². The highest BCUT2D eigenvalue weighted by molar-refractivity contribution is 5.94. The molecule has 4 heteroatoms. The molecule has 0 amide bonds. The Balaban J connectivity index is 3.08. The molecule has 3 N–H and O–H groups in total. The molecule has 48 valence electrons. The van der Waals surface area contributed by atoms with E-state index in [-0.39, 0.29) is 5.84 Å². The number of nitrogens with zero attached hydrogens (tertiary/aromatic N) is 1. The lowest BCUT2D eigenvalue weighted by Crippen LogP contribution is -2.12. The molecule has 4 nitrogen and oxygen atoms in total. The summed E-state index contributed by atoms with van der Waals surface area (Å²) in [7, 11) is 0. The van der Waals surface area contributed by atoms with Crippen molar-refractivity contribution in [1.82, 2.24) is 5.16 Å². The topological polar surface area (TPSA) is 75.9 Å². The highest BCUT2D eigenvalue weighted by Crippen LogP contribution is 2.01. The van der Waals surface area contributed by atoms with Crippen LogP contribution in [0.1, 0.15) is 11.3 Å². The van der Waals surface area contributed by atoms with Gasteiger partial charge in [-0.05, 0) is 6.92 Å². The number of nitrogens with two attached hydrogens (primary N) is 1. The fourth-order valence-electron chi connectivity index (χ4n) is 0.548. The SMILES string of the molecule is Cc1conc1C(=N)N. The summed E-state index contributed by atoms with van der Waals surface area (Å²) in [6, 6.07) is 0. The summed E-state index contributed by atoms with van der Waals surface area (Å²) in [6.07, 6.45) is 1.46. The lowest BCUT2D eigenvalue weighted by molar-refractivity contribution is 0.418. The quantitative estimate of drug-likeness (QED) is 0.417. The third-order valence-corrected chi connectivity index (χ3v) is 1.00. The van der Waals surface area contributed by atoms with E-state index in [2.05, 4.69) is 9.68 Å². The van der Waals surface area contributed by atoms with Gasteiger partial charge in [0.25, 0.3) is 0 Å². The average Bonchev–Trinajstić information content (AvgIpc) is 2.13. The molecule has 0 aromatic carbocycles. The van der Waals surface area contributed by atoms with Crippen LogP contribution >= 0.6 is 0 Å². The Hall–Kier alpha value is -1.32. The molecular weight excluding hydrogens is 118 g/mol. The van der Waals surface area contributed by atoms with Gasteiger partial charge in [0.05, 0.1) is 0 Å². The molecule has 1 rings (SSSR count). The molecule has 0 saturated heterocycles. The van der Waals surface area contributed by atoms with Gasteiger partial charge in [-0.1, -0.05) is 5.16 Å². The van der Waals surface area contributed by atoms with E-state index in [0.29, 0.717) is 5.69 Å². The third-order valence-electron chi connectivity index (χ3n) is 1.00. The van der Waals surface area contributed by atoms with Crippen molar-refractivity contribution in [3.05, 3.63) is 17.5 Å². The summed E-state index contributed by atoms with van der Waals surface area (Å²) in [5, 5.41) is 10.4. The zero-order valence-electron chi connectivity index (χ0n) is 5.01. The largest absolute Gasteiger partial charge is 0.382 e. The number of aromatic nitrogens is 1. The van der Waals surface area contributed by atoms with E-state index in [1.54, 1.807) is 6.92 Å². The average molecular weight is 125 g/mol. The molecule has 1 heterocycles. The van der Waals surface area contributed by atoms with Crippen LogP contribution in [-0.4, -0.2) is 11.0 Å². The molecule has 0 atom stereocenters. The standard InChI is InChI=1S/C5H7N3O/c1-3-2-9-8-4(3)5(6)7/h2H,1H3,(H3,6,7). The number of aryl methyl sites for hydroxylation is 1. The van der Waals surface area contributed by atoms with Crippen molar-refractivity contribution in [2.24, 2.45) is 5.73 Å². The summed E-state index contributed by atoms with van der Waals surface area (Å²) in [4.78, 5) is 0. The minimum atomic E-state index is -0.0544. The predicted molar refractivity (Wildman–Crippen MR) is 32.3 cm³/mol. The number of amidine groups is 1. The van der Waals surface area contributed by atoms with Crippen molar-refractivity contribution in [3.8, 4) is 0 Å². The van der Waals surface area contributed by atoms with Gasteiger partial charge in [-0.25, -0.2) is 0 Å². The number of hydrogen-bond donors (Lipinski definition) is 2. The molecule has 0 aliphatic rings. The molecule has 9 heavy (non-hydrogen) atoms. The van der Waals surface area contributed by atoms with Crippen molar-refractivity contribution < 1.29 is 4.52 Å². The molecule has 0 spiro atoms. The smallest absolute Gasteiger partial charge is 0.150 e. The van der Waals surface area contributed by atoms with E-state index in [1.165, 1.54) is 6.26 Å². The Morgan fingerprint density at radius 1 is 1.89 bits per heavy atom. The van der Waals surface area contributed by atoms with Crippen LogP contribution in [0.25, 0.3) is 0 Å². The lowest BCUT2D eigenvalue weighted by atomic mass is 10.3. The van der Waals surface area contributed by atoms with E-state index in [9.17, 15) is 0 Å². The van der Waals surface area contributed by atoms with Crippen LogP contribution in [-0.2, 0) is 0 Å². The predicted octanol–water partition coefficient (Wildman–Crippen LogP) is 0.267. The molecule has 0 bridgehead atoms. The normalized spacial score (nSPS) is 9.44. The van der Waals surface area contributed by atoms with Gasteiger partial charge in [0.15, 0.2) is 5.69 Å². The molecule has 0 fully saturated rings. The van der Waals surface area contributed by atoms with Gasteiger partial charge >= 0.3 is 0 Å². The molecule has 1 aromatic rings. The molecule has 1 aromatic heterocycles. The van der Waals surface area contributed by atoms with E-state index in [0.717, 1.165) is 5.56 Å². The van der Waals surface area contributed by atoms with Crippen molar-refractivity contribution >= 4 is 5.84 Å². The first-order chi connectivity index (χ1) is 4.22. The maximum atomic E-state index is 6.95. The van der Waals surface area contributed by atoms with Gasteiger partial charge in [0.1, 0.15) is 12.1 Å². The monoisotopic (exact) mass is 125 g/mol. The first kappa shape index (κ1) is 5.81. The van der Waals surface area contributed by atoms with Crippen LogP contribution < -0.4 is 5.73 Å². The molecule has 0 saturated carbocycles. The second-order valence-corrected chi connectivity index (χ2v) is 1.76. The van der Waals surface area contributed by atoms with Gasteiger partial charge in [-0.3, -0.25) is 5.41 Å². The van der Waals surface area contributed by atoms with Gasteiger partial charge in [-0.2, -0.15) is 0 Å². The molecule has 0 aliphatic heterocycles. The first-order valence-electron chi connectivity index (χ1n) is 2.47. The summed E-state index contributed by atoms with van der Waals surface area (Å²) in [5.41, 5.74) is 6.34. The van der Waals surface area contributed by atoms with Gasteiger partial charge in [0.2, 0.25) is 0 Å². The Bertz CT molecular complexity index is 228. The van der Waals surface area contributed by atoms with Gasteiger partial charge < -0.3 is 10.3 Å². The van der Waals surface area contributed by atoms with Crippen molar-refractivity contribution in [2.75, 3.05) is 0 Å². The third kappa shape index (κ3) is 0.910. The summed E-state index contributed by atoms with van der Waals surface area (Å²) < 4.78 is 4.54. The van der Waals surface area contributed by atoms with E-state index >= 15 is 0 Å². The molecule has 0 aliphatic carbocycles. The maximum Gasteiger partial charge on any atom is 0.150 e. The summed E-state index contributed by atoms with van der Waals surface area (Å²) >= 11 is 0. The van der Waals surface area contributed by atoms with Crippen LogP contribution in [0.2, 0.25) is 0 Å². The number of hydrogen-bond acceptors (Lipinski definition) is 3. The van der Waals surface area contributed by atoms with E-state index < -0.39 is 0 Å². The second-order valence-electron chi connectivity index (χ2n) is 1.76.